The maximum absolute atomic E-state index is 12.1. The van der Waals surface area contributed by atoms with Gasteiger partial charge in [-0.15, -0.1) is 0 Å². The number of esters is 1. The van der Waals surface area contributed by atoms with Gasteiger partial charge in [-0.3, -0.25) is 9.69 Å². The highest BCUT2D eigenvalue weighted by Crippen LogP contribution is 2.46. The molecule has 1 atom stereocenters. The van der Waals surface area contributed by atoms with Crippen molar-refractivity contribution in [1.29, 1.82) is 0 Å². The lowest BCUT2D eigenvalue weighted by molar-refractivity contribution is -0.149. The molecule has 0 aliphatic carbocycles. The predicted molar refractivity (Wildman–Crippen MR) is 55.2 cm³/mol. The number of hydrogen-bond acceptors (Lipinski definition) is 3. The molecule has 0 N–H and O–H groups in total. The Hall–Kier alpha value is -2.10. The third-order valence-electron chi connectivity index (χ3n) is 3.08. The minimum atomic E-state index is -1.01. The number of amides is 1. The highest BCUT2D eigenvalue weighted by molar-refractivity contribution is 6.07. The molecular formula is C12H9NO3. The molecule has 4 nitrogen and oxygen atoms in total. The number of nitrogens with zero attached hydrogens (tertiary/aromatic N) is 1. The Morgan fingerprint density at radius 3 is 2.75 bits per heavy atom. The summed E-state index contributed by atoms with van der Waals surface area (Å²) in [6.45, 7) is 5.29. The molecule has 3 rings (SSSR count). The van der Waals surface area contributed by atoms with Crippen molar-refractivity contribution in [2.45, 2.75) is 12.6 Å². The molecule has 1 aromatic rings. The zero-order valence-electron chi connectivity index (χ0n) is 8.69. The van der Waals surface area contributed by atoms with Gasteiger partial charge in [0.25, 0.3) is 5.91 Å². The van der Waals surface area contributed by atoms with Crippen LogP contribution >= 0.6 is 0 Å². The lowest BCUT2D eigenvalue weighted by Crippen LogP contribution is -2.35. The number of rotatable bonds is 0. The summed E-state index contributed by atoms with van der Waals surface area (Å²) in [5.74, 6) is -0.765. The van der Waals surface area contributed by atoms with Gasteiger partial charge < -0.3 is 4.74 Å². The van der Waals surface area contributed by atoms with E-state index in [-0.39, 0.29) is 11.6 Å². The summed E-state index contributed by atoms with van der Waals surface area (Å²) in [6.07, 6.45) is 0. The molecular weight excluding hydrogens is 206 g/mol. The van der Waals surface area contributed by atoms with Crippen LogP contribution in [0.15, 0.2) is 36.5 Å². The molecule has 1 unspecified atom stereocenters. The van der Waals surface area contributed by atoms with Crippen LogP contribution < -0.4 is 0 Å². The van der Waals surface area contributed by atoms with Gasteiger partial charge in [0, 0.05) is 18.1 Å². The van der Waals surface area contributed by atoms with Crippen LogP contribution in [0.5, 0.6) is 0 Å². The van der Waals surface area contributed by atoms with Crippen molar-refractivity contribution in [1.82, 2.24) is 4.90 Å². The van der Waals surface area contributed by atoms with Crippen molar-refractivity contribution in [2.75, 3.05) is 0 Å². The van der Waals surface area contributed by atoms with E-state index in [1.54, 1.807) is 25.1 Å². The highest BCUT2D eigenvalue weighted by Gasteiger charge is 2.56. The van der Waals surface area contributed by atoms with Crippen molar-refractivity contribution >= 4 is 11.9 Å². The molecule has 0 bridgehead atoms. The minimum absolute atomic E-state index is 0.101. The van der Waals surface area contributed by atoms with Gasteiger partial charge in [-0.2, -0.15) is 0 Å². The standard InChI is InChI=1S/C12H9NO3/c1-7-11(15)16-12(2)9-6-4-3-5-8(9)10(14)13(7)12/h3-6H,1H2,2H3. The van der Waals surface area contributed by atoms with Crippen LogP contribution in [0.25, 0.3) is 0 Å². The molecule has 0 saturated carbocycles. The van der Waals surface area contributed by atoms with Crippen LogP contribution in [0.3, 0.4) is 0 Å². The molecule has 0 aromatic heterocycles. The van der Waals surface area contributed by atoms with E-state index < -0.39 is 11.7 Å². The smallest absolute Gasteiger partial charge is 0.356 e. The summed E-state index contributed by atoms with van der Waals surface area (Å²) >= 11 is 0. The fourth-order valence-corrected chi connectivity index (χ4v) is 2.32. The molecule has 1 fully saturated rings. The topological polar surface area (TPSA) is 46.6 Å². The van der Waals surface area contributed by atoms with E-state index >= 15 is 0 Å². The van der Waals surface area contributed by atoms with Crippen molar-refractivity contribution < 1.29 is 14.3 Å². The molecule has 1 aromatic carbocycles. The second kappa shape index (κ2) is 2.52. The summed E-state index contributed by atoms with van der Waals surface area (Å²) in [5, 5.41) is 0. The van der Waals surface area contributed by atoms with E-state index in [1.807, 2.05) is 6.07 Å². The van der Waals surface area contributed by atoms with Gasteiger partial charge in [-0.1, -0.05) is 24.8 Å². The van der Waals surface area contributed by atoms with E-state index in [4.69, 9.17) is 4.74 Å². The quantitative estimate of drug-likeness (QED) is 0.485. The second-order valence-electron chi connectivity index (χ2n) is 4.01. The Bertz CT molecular complexity index is 549. The monoisotopic (exact) mass is 215 g/mol. The fraction of sp³-hybridized carbons (Fsp3) is 0.167. The average Bonchev–Trinajstić information content (AvgIpc) is 2.62. The minimum Gasteiger partial charge on any atom is -0.430 e. The van der Waals surface area contributed by atoms with Gasteiger partial charge >= 0.3 is 5.97 Å². The molecule has 16 heavy (non-hydrogen) atoms. The van der Waals surface area contributed by atoms with Crippen molar-refractivity contribution in [2.24, 2.45) is 0 Å². The summed E-state index contributed by atoms with van der Waals surface area (Å²) in [4.78, 5) is 24.8. The van der Waals surface area contributed by atoms with E-state index in [0.717, 1.165) is 0 Å². The number of carbonyl (C=O) groups excluding carboxylic acids is 2. The Labute approximate surface area is 92.1 Å². The van der Waals surface area contributed by atoms with Crippen LogP contribution in [0.1, 0.15) is 22.8 Å². The molecule has 80 valence electrons. The number of fused-ring (bicyclic) bond motifs is 3. The highest BCUT2D eigenvalue weighted by atomic mass is 16.6. The molecule has 2 aliphatic heterocycles. The number of benzene rings is 1. The van der Waals surface area contributed by atoms with E-state index in [1.165, 1.54) is 4.90 Å². The van der Waals surface area contributed by atoms with Gasteiger partial charge in [-0.05, 0) is 6.07 Å². The fourth-order valence-electron chi connectivity index (χ4n) is 2.32. The zero-order chi connectivity index (χ0) is 11.5. The average molecular weight is 215 g/mol. The largest absolute Gasteiger partial charge is 0.430 e. The first-order chi connectivity index (χ1) is 7.55. The van der Waals surface area contributed by atoms with Crippen molar-refractivity contribution in [3.05, 3.63) is 47.7 Å². The molecule has 2 heterocycles. The summed E-state index contributed by atoms with van der Waals surface area (Å²) in [7, 11) is 0. The Morgan fingerprint density at radius 2 is 2.00 bits per heavy atom. The molecule has 0 radical (unpaired) electrons. The molecule has 4 heteroatoms. The Balaban J connectivity index is 2.29. The molecule has 2 aliphatic rings. The van der Waals surface area contributed by atoms with Gasteiger partial charge in [0.05, 0.1) is 0 Å². The first-order valence-corrected chi connectivity index (χ1v) is 4.92. The summed E-state index contributed by atoms with van der Waals surface area (Å²) in [6, 6.07) is 7.12. The van der Waals surface area contributed by atoms with Gasteiger partial charge in [0.15, 0.2) is 0 Å². The first kappa shape index (κ1) is 9.15. The van der Waals surface area contributed by atoms with Crippen LogP contribution in [0.4, 0.5) is 0 Å². The van der Waals surface area contributed by atoms with Gasteiger partial charge in [-0.25, -0.2) is 4.79 Å². The molecule has 0 spiro atoms. The number of ether oxygens (including phenoxy) is 1. The predicted octanol–water partition coefficient (Wildman–Crippen LogP) is 1.39. The second-order valence-corrected chi connectivity index (χ2v) is 4.01. The van der Waals surface area contributed by atoms with Crippen LogP contribution in [0, 0.1) is 0 Å². The van der Waals surface area contributed by atoms with E-state index in [0.29, 0.717) is 11.1 Å². The molecule has 1 amide bonds. The first-order valence-electron chi connectivity index (χ1n) is 4.92. The lowest BCUT2D eigenvalue weighted by Gasteiger charge is -2.24. The van der Waals surface area contributed by atoms with Crippen molar-refractivity contribution in [3.8, 4) is 0 Å². The summed E-state index contributed by atoms with van der Waals surface area (Å²) in [5.41, 5.74) is 0.372. The van der Waals surface area contributed by atoms with Gasteiger partial charge in [0.1, 0.15) is 5.70 Å². The maximum atomic E-state index is 12.1. The summed E-state index contributed by atoms with van der Waals surface area (Å²) < 4.78 is 5.25. The zero-order valence-corrected chi connectivity index (χ0v) is 8.69. The third-order valence-corrected chi connectivity index (χ3v) is 3.08. The normalized spacial score (nSPS) is 26.8. The molecule has 1 saturated heterocycles. The van der Waals surface area contributed by atoms with E-state index in [2.05, 4.69) is 6.58 Å². The van der Waals surface area contributed by atoms with Crippen molar-refractivity contribution in [3.63, 3.8) is 0 Å². The third kappa shape index (κ3) is 0.805. The van der Waals surface area contributed by atoms with E-state index in [9.17, 15) is 9.59 Å². The van der Waals surface area contributed by atoms with Gasteiger partial charge in [0.2, 0.25) is 5.72 Å². The number of carbonyl (C=O) groups is 2. The Morgan fingerprint density at radius 1 is 1.31 bits per heavy atom. The van der Waals surface area contributed by atoms with Crippen LogP contribution in [-0.2, 0) is 15.3 Å². The number of hydrogen-bond donors (Lipinski definition) is 0. The Kier molecular flexibility index (Phi) is 1.44. The van der Waals surface area contributed by atoms with Crippen LogP contribution in [-0.4, -0.2) is 16.8 Å². The van der Waals surface area contributed by atoms with Crippen LogP contribution in [0.2, 0.25) is 0 Å². The SMILES string of the molecule is C=C1C(=O)OC2(C)c3ccccc3C(=O)N12. The lowest BCUT2D eigenvalue weighted by atomic mass is 10.0. The maximum Gasteiger partial charge on any atom is 0.356 e.